The first-order chi connectivity index (χ1) is 18.2. The van der Waals surface area contributed by atoms with E-state index in [4.69, 9.17) is 9.97 Å². The summed E-state index contributed by atoms with van der Waals surface area (Å²) in [5.41, 5.74) is 7.33. The van der Waals surface area contributed by atoms with E-state index in [1.165, 1.54) is 41.7 Å². The van der Waals surface area contributed by atoms with Crippen LogP contribution >= 0.6 is 0 Å². The number of aryl methyl sites for hydroxylation is 1. The SMILES string of the molecule is CCCNCCCCCC1=C/C=C/C=c2\ccc(-c3c(-c4cccc(C)n4)nc4ccccn34)c\c2=C\1. The monoisotopic (exact) mass is 488 g/mol. The van der Waals surface area contributed by atoms with Gasteiger partial charge in [0, 0.05) is 17.5 Å². The summed E-state index contributed by atoms with van der Waals surface area (Å²) in [5.74, 6) is 0. The summed E-state index contributed by atoms with van der Waals surface area (Å²) in [7, 11) is 0. The van der Waals surface area contributed by atoms with Crippen LogP contribution in [0.3, 0.4) is 0 Å². The number of fused-ring (bicyclic) bond motifs is 2. The van der Waals surface area contributed by atoms with Crippen LogP contribution in [0, 0.1) is 6.92 Å². The van der Waals surface area contributed by atoms with Crippen molar-refractivity contribution >= 4 is 17.8 Å². The molecule has 188 valence electrons. The summed E-state index contributed by atoms with van der Waals surface area (Å²) in [5, 5.41) is 5.98. The molecule has 0 aliphatic heterocycles. The highest BCUT2D eigenvalue weighted by molar-refractivity contribution is 5.81. The Kier molecular flexibility index (Phi) is 8.07. The molecule has 0 saturated carbocycles. The molecule has 0 saturated heterocycles. The molecule has 0 amide bonds. The highest BCUT2D eigenvalue weighted by atomic mass is 15.0. The van der Waals surface area contributed by atoms with Crippen LogP contribution < -0.4 is 15.8 Å². The lowest BCUT2D eigenvalue weighted by molar-refractivity contribution is 0.600. The molecule has 0 fully saturated rings. The van der Waals surface area contributed by atoms with E-state index < -0.39 is 0 Å². The summed E-state index contributed by atoms with van der Waals surface area (Å²) < 4.78 is 2.18. The molecule has 1 N–H and O–H groups in total. The number of benzene rings is 1. The molecular weight excluding hydrogens is 452 g/mol. The van der Waals surface area contributed by atoms with Gasteiger partial charge in [-0.15, -0.1) is 0 Å². The van der Waals surface area contributed by atoms with Crippen molar-refractivity contribution in [2.75, 3.05) is 13.1 Å². The van der Waals surface area contributed by atoms with Crippen molar-refractivity contribution in [2.45, 2.75) is 46.0 Å². The number of nitrogens with one attached hydrogen (secondary N) is 1. The second kappa shape index (κ2) is 12.0. The second-order valence-corrected chi connectivity index (χ2v) is 9.74. The molecule has 4 heteroatoms. The maximum absolute atomic E-state index is 4.99. The van der Waals surface area contributed by atoms with Gasteiger partial charge in [0.25, 0.3) is 0 Å². The summed E-state index contributed by atoms with van der Waals surface area (Å²) in [6, 6.07) is 19.0. The summed E-state index contributed by atoms with van der Waals surface area (Å²) in [4.78, 5) is 9.80. The zero-order valence-corrected chi connectivity index (χ0v) is 22.0. The first kappa shape index (κ1) is 24.9. The van der Waals surface area contributed by atoms with Gasteiger partial charge in [0.1, 0.15) is 11.3 Å². The molecule has 0 unspecified atom stereocenters. The fourth-order valence-electron chi connectivity index (χ4n) is 4.92. The van der Waals surface area contributed by atoms with E-state index in [1.807, 2.05) is 19.1 Å². The molecular formula is C33H36N4. The van der Waals surface area contributed by atoms with Crippen LogP contribution in [0.4, 0.5) is 0 Å². The van der Waals surface area contributed by atoms with Crippen LogP contribution in [0.2, 0.25) is 0 Å². The lowest BCUT2D eigenvalue weighted by Gasteiger charge is -2.08. The second-order valence-electron chi connectivity index (χ2n) is 9.74. The van der Waals surface area contributed by atoms with Gasteiger partial charge in [0.2, 0.25) is 0 Å². The Morgan fingerprint density at radius 2 is 1.76 bits per heavy atom. The minimum absolute atomic E-state index is 0.901. The third kappa shape index (κ3) is 5.98. The summed E-state index contributed by atoms with van der Waals surface area (Å²) in [6.45, 7) is 6.48. The number of rotatable bonds is 10. The highest BCUT2D eigenvalue weighted by Gasteiger charge is 2.17. The van der Waals surface area contributed by atoms with Gasteiger partial charge in [-0.05, 0) is 92.0 Å². The first-order valence-corrected chi connectivity index (χ1v) is 13.5. The summed E-state index contributed by atoms with van der Waals surface area (Å²) >= 11 is 0. The standard InChI is InChI=1S/C33H36N4/c1-3-20-34-21-9-4-5-13-26-14-6-7-15-27-18-19-28(24-29(27)23-26)33-32(30-16-11-12-25(2)35-30)36-31-17-8-10-22-37(31)33/h6-8,10-12,14-19,22-24,34H,3-5,9,13,20-21H2,1-2H3/b7-6+,14-6?,15-7?,26-14-,26-23?,27-15+,29-23-. The maximum Gasteiger partial charge on any atom is 0.138 e. The smallest absolute Gasteiger partial charge is 0.138 e. The Labute approximate surface area is 219 Å². The van der Waals surface area contributed by atoms with Gasteiger partial charge in [-0.1, -0.05) is 68.0 Å². The number of imidazole rings is 1. The number of nitrogens with zero attached hydrogens (tertiary/aromatic N) is 3. The average Bonchev–Trinajstić information content (AvgIpc) is 3.29. The fourth-order valence-corrected chi connectivity index (χ4v) is 4.92. The third-order valence-corrected chi connectivity index (χ3v) is 6.80. The molecule has 1 aliphatic carbocycles. The number of hydrogen-bond acceptors (Lipinski definition) is 3. The van der Waals surface area contributed by atoms with Crippen LogP contribution in [0.15, 0.2) is 84.6 Å². The minimum atomic E-state index is 0.901. The Morgan fingerprint density at radius 1 is 0.838 bits per heavy atom. The zero-order chi connectivity index (χ0) is 25.5. The van der Waals surface area contributed by atoms with Crippen LogP contribution in [-0.2, 0) is 0 Å². The molecule has 0 spiro atoms. The highest BCUT2D eigenvalue weighted by Crippen LogP contribution is 2.31. The molecule has 4 nitrogen and oxygen atoms in total. The zero-order valence-electron chi connectivity index (χ0n) is 22.0. The largest absolute Gasteiger partial charge is 0.317 e. The van der Waals surface area contributed by atoms with Crippen LogP contribution in [0.25, 0.3) is 40.4 Å². The van der Waals surface area contributed by atoms with Crippen molar-refractivity contribution in [3.05, 3.63) is 101 Å². The van der Waals surface area contributed by atoms with Gasteiger partial charge in [0.15, 0.2) is 0 Å². The Bertz CT molecular complexity index is 1550. The topological polar surface area (TPSA) is 42.2 Å². The Hall–Kier alpha value is -3.76. The van der Waals surface area contributed by atoms with Crippen molar-refractivity contribution in [3.63, 3.8) is 0 Å². The molecule has 37 heavy (non-hydrogen) atoms. The number of hydrogen-bond donors (Lipinski definition) is 1. The molecule has 3 heterocycles. The van der Waals surface area contributed by atoms with Crippen LogP contribution in [0.5, 0.6) is 0 Å². The predicted molar refractivity (Wildman–Crippen MR) is 156 cm³/mol. The van der Waals surface area contributed by atoms with Crippen LogP contribution in [0.1, 0.15) is 44.7 Å². The number of aromatic nitrogens is 3. The van der Waals surface area contributed by atoms with Gasteiger partial charge in [0.05, 0.1) is 11.4 Å². The molecule has 5 rings (SSSR count). The van der Waals surface area contributed by atoms with E-state index in [0.29, 0.717) is 0 Å². The minimum Gasteiger partial charge on any atom is -0.317 e. The average molecular weight is 489 g/mol. The molecule has 3 aromatic heterocycles. The van der Waals surface area contributed by atoms with E-state index in [9.17, 15) is 0 Å². The molecule has 0 bridgehead atoms. The van der Waals surface area contributed by atoms with Crippen molar-refractivity contribution in [2.24, 2.45) is 0 Å². The lowest BCUT2D eigenvalue weighted by Crippen LogP contribution is -2.24. The third-order valence-electron chi connectivity index (χ3n) is 6.80. The molecule has 4 aromatic rings. The maximum atomic E-state index is 4.99. The van der Waals surface area contributed by atoms with Gasteiger partial charge in [-0.3, -0.25) is 9.38 Å². The van der Waals surface area contributed by atoms with Crippen molar-refractivity contribution < 1.29 is 0 Å². The van der Waals surface area contributed by atoms with Crippen LogP contribution in [-0.4, -0.2) is 27.5 Å². The van der Waals surface area contributed by atoms with Gasteiger partial charge < -0.3 is 5.32 Å². The van der Waals surface area contributed by atoms with Gasteiger partial charge >= 0.3 is 0 Å². The van der Waals surface area contributed by atoms with Gasteiger partial charge in [-0.2, -0.15) is 0 Å². The van der Waals surface area contributed by atoms with E-state index in [1.54, 1.807) is 0 Å². The molecule has 1 aliphatic rings. The summed E-state index contributed by atoms with van der Waals surface area (Å²) in [6.07, 6.45) is 19.2. The van der Waals surface area contributed by atoms with E-state index in [0.717, 1.165) is 53.5 Å². The van der Waals surface area contributed by atoms with Crippen molar-refractivity contribution in [1.82, 2.24) is 19.7 Å². The normalized spacial score (nSPS) is 17.0. The predicted octanol–water partition coefficient (Wildman–Crippen LogP) is 5.99. The van der Waals surface area contributed by atoms with Crippen molar-refractivity contribution in [1.29, 1.82) is 0 Å². The number of pyridine rings is 2. The Balaban J connectivity index is 1.50. The van der Waals surface area contributed by atoms with E-state index in [2.05, 4.69) is 95.7 Å². The Morgan fingerprint density at radius 3 is 2.65 bits per heavy atom. The number of allylic oxidation sites excluding steroid dienone is 4. The molecule has 1 aromatic carbocycles. The van der Waals surface area contributed by atoms with E-state index in [-0.39, 0.29) is 0 Å². The van der Waals surface area contributed by atoms with Gasteiger partial charge in [-0.25, -0.2) is 4.98 Å². The number of unbranched alkanes of at least 4 members (excludes halogenated alkanes) is 2. The molecule has 0 atom stereocenters. The lowest BCUT2D eigenvalue weighted by atomic mass is 10.0. The quantitative estimate of drug-likeness (QED) is 0.279. The van der Waals surface area contributed by atoms with E-state index >= 15 is 0 Å². The first-order valence-electron chi connectivity index (χ1n) is 13.5. The van der Waals surface area contributed by atoms with Crippen molar-refractivity contribution in [3.8, 4) is 22.6 Å². The fraction of sp³-hybridized carbons (Fsp3) is 0.273. The molecule has 0 radical (unpaired) electrons.